The molecule has 0 bridgehead atoms. The van der Waals surface area contributed by atoms with E-state index in [1.807, 2.05) is 25.1 Å². The van der Waals surface area contributed by atoms with Crippen molar-refractivity contribution >= 4 is 0 Å². The van der Waals surface area contributed by atoms with Gasteiger partial charge in [-0.25, -0.2) is 0 Å². The number of pyridine rings is 1. The summed E-state index contributed by atoms with van der Waals surface area (Å²) < 4.78 is 11.4. The van der Waals surface area contributed by atoms with Gasteiger partial charge in [-0.3, -0.25) is 4.98 Å². The molecule has 0 aliphatic rings. The van der Waals surface area contributed by atoms with E-state index in [1.165, 1.54) is 5.56 Å². The molecule has 1 N–H and O–H groups in total. The first-order chi connectivity index (χ1) is 10.3. The molecule has 2 heterocycles. The van der Waals surface area contributed by atoms with E-state index in [9.17, 15) is 0 Å². The van der Waals surface area contributed by atoms with Crippen molar-refractivity contribution in [3.63, 3.8) is 0 Å². The van der Waals surface area contributed by atoms with Crippen LogP contribution < -0.4 is 5.32 Å². The highest BCUT2D eigenvalue weighted by Gasteiger charge is 2.07. The lowest BCUT2D eigenvalue weighted by Crippen LogP contribution is -2.13. The topological polar surface area (TPSA) is 47.3 Å². The third kappa shape index (κ3) is 5.33. The molecule has 0 atom stereocenters. The highest BCUT2D eigenvalue weighted by molar-refractivity contribution is 5.20. The highest BCUT2D eigenvalue weighted by atomic mass is 16.5. The average Bonchev–Trinajstić information content (AvgIpc) is 2.85. The molecule has 0 aliphatic heterocycles. The van der Waals surface area contributed by atoms with E-state index >= 15 is 0 Å². The Bertz CT molecular complexity index is 523. The molecule has 0 aliphatic carbocycles. The van der Waals surface area contributed by atoms with Crippen LogP contribution in [0.2, 0.25) is 0 Å². The molecule has 2 rings (SSSR count). The van der Waals surface area contributed by atoms with Crippen LogP contribution >= 0.6 is 0 Å². The molecule has 0 amide bonds. The monoisotopic (exact) mass is 288 g/mol. The van der Waals surface area contributed by atoms with Crippen LogP contribution in [-0.4, -0.2) is 18.1 Å². The summed E-state index contributed by atoms with van der Waals surface area (Å²) in [5, 5.41) is 3.39. The van der Waals surface area contributed by atoms with E-state index in [0.29, 0.717) is 13.2 Å². The summed E-state index contributed by atoms with van der Waals surface area (Å²) in [6, 6.07) is 8.01. The van der Waals surface area contributed by atoms with Gasteiger partial charge in [0, 0.05) is 30.4 Å². The largest absolute Gasteiger partial charge is 0.464 e. The van der Waals surface area contributed by atoms with Crippen molar-refractivity contribution in [1.82, 2.24) is 10.3 Å². The lowest BCUT2D eigenvalue weighted by Gasteiger charge is -2.01. The summed E-state index contributed by atoms with van der Waals surface area (Å²) in [5.41, 5.74) is 2.27. The second-order valence-electron chi connectivity index (χ2n) is 5.09. The lowest BCUT2D eigenvalue weighted by atomic mass is 10.2. The molecule has 2 aromatic rings. The number of nitrogens with zero attached hydrogens (tertiary/aromatic N) is 1. The van der Waals surface area contributed by atoms with Gasteiger partial charge >= 0.3 is 0 Å². The zero-order valence-electron chi connectivity index (χ0n) is 12.9. The Hall–Kier alpha value is -1.65. The first kappa shape index (κ1) is 15.7. The van der Waals surface area contributed by atoms with Crippen molar-refractivity contribution in [1.29, 1.82) is 0 Å². The normalized spacial score (nSPS) is 11.0. The van der Waals surface area contributed by atoms with Crippen molar-refractivity contribution in [3.8, 4) is 0 Å². The number of aryl methyl sites for hydroxylation is 1. The van der Waals surface area contributed by atoms with E-state index in [4.69, 9.17) is 9.15 Å². The molecule has 4 nitrogen and oxygen atoms in total. The van der Waals surface area contributed by atoms with Crippen molar-refractivity contribution < 1.29 is 9.15 Å². The first-order valence-electron chi connectivity index (χ1n) is 7.56. The quantitative estimate of drug-likeness (QED) is 0.720. The molecule has 0 radical (unpaired) electrons. The van der Waals surface area contributed by atoms with Crippen LogP contribution in [0.4, 0.5) is 0 Å². The number of hydrogen-bond acceptors (Lipinski definition) is 4. The zero-order valence-corrected chi connectivity index (χ0v) is 12.9. The molecular weight excluding hydrogens is 264 g/mol. The van der Waals surface area contributed by atoms with Crippen LogP contribution in [0.5, 0.6) is 0 Å². The van der Waals surface area contributed by atoms with E-state index < -0.39 is 0 Å². The Labute approximate surface area is 126 Å². The van der Waals surface area contributed by atoms with Crippen LogP contribution in [0.25, 0.3) is 0 Å². The molecule has 0 saturated carbocycles. The van der Waals surface area contributed by atoms with Gasteiger partial charge in [0.25, 0.3) is 0 Å². The maximum absolute atomic E-state index is 5.72. The van der Waals surface area contributed by atoms with Gasteiger partial charge in [0.15, 0.2) is 0 Å². The van der Waals surface area contributed by atoms with Crippen molar-refractivity contribution in [2.75, 3.05) is 13.2 Å². The van der Waals surface area contributed by atoms with E-state index in [0.717, 1.165) is 43.1 Å². The Morgan fingerprint density at radius 1 is 1.33 bits per heavy atom. The smallest absolute Gasteiger partial charge is 0.130 e. The molecule has 4 heteroatoms. The Balaban J connectivity index is 1.72. The summed E-state index contributed by atoms with van der Waals surface area (Å²) >= 11 is 0. The number of rotatable bonds is 9. The van der Waals surface area contributed by atoms with Crippen molar-refractivity contribution in [2.45, 2.75) is 39.8 Å². The average molecular weight is 288 g/mol. The SMILES string of the molecule is CCCNCc1cc(COCCc2ccccn2)oc1C. The third-order valence-electron chi connectivity index (χ3n) is 3.29. The number of hydrogen-bond donors (Lipinski definition) is 1. The summed E-state index contributed by atoms with van der Waals surface area (Å²) in [4.78, 5) is 4.27. The molecule has 2 aromatic heterocycles. The summed E-state index contributed by atoms with van der Waals surface area (Å²) in [6.45, 7) is 7.22. The standard InChI is InChI=1S/C17H24N2O2/c1-3-8-18-12-15-11-17(21-14(15)2)13-20-10-7-16-6-4-5-9-19-16/h4-6,9,11,18H,3,7-8,10,12-13H2,1-2H3. The zero-order chi connectivity index (χ0) is 14.9. The van der Waals surface area contributed by atoms with E-state index in [-0.39, 0.29) is 0 Å². The van der Waals surface area contributed by atoms with Gasteiger partial charge in [0.1, 0.15) is 18.1 Å². The predicted octanol–water partition coefficient (Wildman–Crippen LogP) is 3.24. The van der Waals surface area contributed by atoms with Crippen LogP contribution in [0.3, 0.4) is 0 Å². The molecular formula is C17H24N2O2. The van der Waals surface area contributed by atoms with Crippen LogP contribution in [-0.2, 0) is 24.3 Å². The Morgan fingerprint density at radius 2 is 2.24 bits per heavy atom. The number of aromatic nitrogens is 1. The van der Waals surface area contributed by atoms with E-state index in [2.05, 4.69) is 23.3 Å². The molecule has 21 heavy (non-hydrogen) atoms. The van der Waals surface area contributed by atoms with Crippen molar-refractivity contribution in [3.05, 3.63) is 53.2 Å². The molecule has 0 saturated heterocycles. The predicted molar refractivity (Wildman–Crippen MR) is 83.0 cm³/mol. The summed E-state index contributed by atoms with van der Waals surface area (Å²) in [6.07, 6.45) is 3.77. The number of nitrogens with one attached hydrogen (secondary N) is 1. The first-order valence-corrected chi connectivity index (χ1v) is 7.56. The fourth-order valence-electron chi connectivity index (χ4n) is 2.13. The fourth-order valence-corrected chi connectivity index (χ4v) is 2.13. The third-order valence-corrected chi connectivity index (χ3v) is 3.29. The molecule has 0 spiro atoms. The molecule has 0 fully saturated rings. The minimum absolute atomic E-state index is 0.515. The molecule has 0 aromatic carbocycles. The number of furan rings is 1. The Kier molecular flexibility index (Phi) is 6.44. The lowest BCUT2D eigenvalue weighted by molar-refractivity contribution is 0.108. The van der Waals surface area contributed by atoms with Gasteiger partial charge in [-0.05, 0) is 38.1 Å². The van der Waals surface area contributed by atoms with Crippen molar-refractivity contribution in [2.24, 2.45) is 0 Å². The highest BCUT2D eigenvalue weighted by Crippen LogP contribution is 2.15. The molecule has 114 valence electrons. The van der Waals surface area contributed by atoms with Crippen LogP contribution in [0.15, 0.2) is 34.9 Å². The van der Waals surface area contributed by atoms with E-state index in [1.54, 1.807) is 6.20 Å². The van der Waals surface area contributed by atoms with Crippen LogP contribution in [0, 0.1) is 6.92 Å². The maximum atomic E-state index is 5.72. The molecule has 0 unspecified atom stereocenters. The second kappa shape index (κ2) is 8.60. The van der Waals surface area contributed by atoms with Gasteiger partial charge in [-0.1, -0.05) is 13.0 Å². The summed E-state index contributed by atoms with van der Waals surface area (Å²) in [7, 11) is 0. The minimum atomic E-state index is 0.515. The Morgan fingerprint density at radius 3 is 3.00 bits per heavy atom. The maximum Gasteiger partial charge on any atom is 0.130 e. The fraction of sp³-hybridized carbons (Fsp3) is 0.471. The minimum Gasteiger partial charge on any atom is -0.464 e. The van der Waals surface area contributed by atoms with Gasteiger partial charge in [0.05, 0.1) is 6.61 Å². The van der Waals surface area contributed by atoms with Gasteiger partial charge in [-0.15, -0.1) is 0 Å². The van der Waals surface area contributed by atoms with Gasteiger partial charge in [0.2, 0.25) is 0 Å². The van der Waals surface area contributed by atoms with Gasteiger partial charge in [-0.2, -0.15) is 0 Å². The van der Waals surface area contributed by atoms with Gasteiger partial charge < -0.3 is 14.5 Å². The second-order valence-corrected chi connectivity index (χ2v) is 5.09. The number of ether oxygens (including phenoxy) is 1. The summed E-state index contributed by atoms with van der Waals surface area (Å²) in [5.74, 6) is 1.86. The van der Waals surface area contributed by atoms with Crippen LogP contribution in [0.1, 0.15) is 36.1 Å².